The summed E-state index contributed by atoms with van der Waals surface area (Å²) in [5.74, 6) is 0.156. The van der Waals surface area contributed by atoms with Gasteiger partial charge in [0.2, 0.25) is 0 Å². The quantitative estimate of drug-likeness (QED) is 0.679. The van der Waals surface area contributed by atoms with Gasteiger partial charge < -0.3 is 9.15 Å². The number of hydrogen-bond donors (Lipinski definition) is 0. The molecule has 0 radical (unpaired) electrons. The third-order valence-electron chi connectivity index (χ3n) is 1.81. The first-order valence-electron chi connectivity index (χ1n) is 4.12. The molecule has 1 heterocycles. The minimum Gasteiger partial charge on any atom is -0.434 e. The average Bonchev–Trinajstić information content (AvgIpc) is 2.18. The molecule has 0 fully saturated rings. The van der Waals surface area contributed by atoms with Gasteiger partial charge in [0.05, 0.1) is 17.7 Å². The van der Waals surface area contributed by atoms with Gasteiger partial charge in [0.1, 0.15) is 5.58 Å². The molecule has 14 heavy (non-hydrogen) atoms. The molecule has 1 aromatic carbocycles. The number of para-hydroxylation sites is 1. The van der Waals surface area contributed by atoms with Crippen LogP contribution in [-0.2, 0) is 0 Å². The van der Waals surface area contributed by atoms with Crippen LogP contribution in [0.4, 0.5) is 0 Å². The summed E-state index contributed by atoms with van der Waals surface area (Å²) in [7, 11) is 0. The minimum absolute atomic E-state index is 0.122. The molecule has 70 valence electrons. The second-order valence-electron chi connectivity index (χ2n) is 2.71. The molecule has 0 saturated heterocycles. The number of ether oxygens (including phenoxy) is 1. The second-order valence-corrected chi connectivity index (χ2v) is 2.71. The Balaban J connectivity index is 2.72. The zero-order chi connectivity index (χ0) is 9.97. The predicted octanol–water partition coefficient (Wildman–Crippen LogP) is 2.32. The highest BCUT2D eigenvalue weighted by Crippen LogP contribution is 2.16. The van der Waals surface area contributed by atoms with Crippen molar-refractivity contribution < 1.29 is 9.15 Å². The Morgan fingerprint density at radius 1 is 1.36 bits per heavy atom. The Kier molecular flexibility index (Phi) is 2.07. The van der Waals surface area contributed by atoms with Crippen LogP contribution in [0, 0.1) is 0 Å². The number of rotatable bonds is 2. The molecular formula is C11H8O3. The Morgan fingerprint density at radius 2 is 2.14 bits per heavy atom. The van der Waals surface area contributed by atoms with Gasteiger partial charge in [-0.1, -0.05) is 18.7 Å². The lowest BCUT2D eigenvalue weighted by Crippen LogP contribution is -1.99. The maximum absolute atomic E-state index is 11.5. The lowest BCUT2D eigenvalue weighted by atomic mass is 10.2. The van der Waals surface area contributed by atoms with Gasteiger partial charge in [-0.05, 0) is 12.1 Å². The molecule has 3 heteroatoms. The monoisotopic (exact) mass is 188 g/mol. The molecule has 0 atom stereocenters. The Hall–Kier alpha value is -2.03. The first-order chi connectivity index (χ1) is 6.81. The molecule has 0 aliphatic carbocycles. The fourth-order valence-corrected chi connectivity index (χ4v) is 1.22. The van der Waals surface area contributed by atoms with Crippen molar-refractivity contribution in [1.29, 1.82) is 0 Å². The van der Waals surface area contributed by atoms with Crippen LogP contribution < -0.4 is 10.2 Å². The van der Waals surface area contributed by atoms with E-state index in [1.165, 1.54) is 12.3 Å². The molecule has 1 aromatic heterocycles. The van der Waals surface area contributed by atoms with Crippen LogP contribution in [0.25, 0.3) is 11.0 Å². The summed E-state index contributed by atoms with van der Waals surface area (Å²) in [5, 5.41) is 0.545. The number of benzene rings is 1. The summed E-state index contributed by atoms with van der Waals surface area (Å²) in [4.78, 5) is 11.5. The van der Waals surface area contributed by atoms with Crippen molar-refractivity contribution in [2.24, 2.45) is 0 Å². The van der Waals surface area contributed by atoms with Crippen LogP contribution in [0.1, 0.15) is 0 Å². The van der Waals surface area contributed by atoms with Crippen molar-refractivity contribution in [2.75, 3.05) is 0 Å². The molecule has 0 spiro atoms. The van der Waals surface area contributed by atoms with Crippen LogP contribution in [0.5, 0.6) is 5.95 Å². The summed E-state index contributed by atoms with van der Waals surface area (Å²) in [6.45, 7) is 3.38. The van der Waals surface area contributed by atoms with E-state index >= 15 is 0 Å². The van der Waals surface area contributed by atoms with Crippen LogP contribution >= 0.6 is 0 Å². The van der Waals surface area contributed by atoms with Crippen molar-refractivity contribution >= 4 is 11.0 Å². The zero-order valence-electron chi connectivity index (χ0n) is 7.40. The highest BCUT2D eigenvalue weighted by Gasteiger charge is 2.02. The van der Waals surface area contributed by atoms with Gasteiger partial charge in [-0.25, -0.2) is 0 Å². The van der Waals surface area contributed by atoms with Crippen LogP contribution in [0.3, 0.4) is 0 Å². The van der Waals surface area contributed by atoms with Gasteiger partial charge >= 0.3 is 0 Å². The van der Waals surface area contributed by atoms with E-state index in [0.717, 1.165) is 0 Å². The van der Waals surface area contributed by atoms with Crippen LogP contribution in [0.2, 0.25) is 0 Å². The SMILES string of the molecule is C=COc1cc(=O)c2ccccc2o1. The molecule has 0 aliphatic rings. The first-order valence-corrected chi connectivity index (χ1v) is 4.12. The molecule has 0 saturated carbocycles. The van der Waals surface area contributed by atoms with Gasteiger partial charge in [0, 0.05) is 0 Å². The van der Waals surface area contributed by atoms with Crippen molar-refractivity contribution in [3.63, 3.8) is 0 Å². The van der Waals surface area contributed by atoms with Crippen molar-refractivity contribution in [3.8, 4) is 5.95 Å². The van der Waals surface area contributed by atoms with Gasteiger partial charge in [-0.3, -0.25) is 4.79 Å². The predicted molar refractivity (Wildman–Crippen MR) is 53.3 cm³/mol. The first kappa shape index (κ1) is 8.56. The summed E-state index contributed by atoms with van der Waals surface area (Å²) in [6.07, 6.45) is 1.22. The van der Waals surface area contributed by atoms with E-state index < -0.39 is 0 Å². The maximum atomic E-state index is 11.5. The van der Waals surface area contributed by atoms with E-state index in [4.69, 9.17) is 9.15 Å². The maximum Gasteiger partial charge on any atom is 0.293 e. The lowest BCUT2D eigenvalue weighted by Gasteiger charge is -1.99. The molecule has 2 aromatic rings. The molecule has 0 amide bonds. The third kappa shape index (κ3) is 1.40. The Morgan fingerprint density at radius 3 is 2.93 bits per heavy atom. The molecule has 0 N–H and O–H groups in total. The highest BCUT2D eigenvalue weighted by atomic mass is 16.6. The van der Waals surface area contributed by atoms with E-state index in [9.17, 15) is 4.79 Å². The fraction of sp³-hybridized carbons (Fsp3) is 0. The van der Waals surface area contributed by atoms with Gasteiger partial charge in [0.15, 0.2) is 5.43 Å². The largest absolute Gasteiger partial charge is 0.434 e. The fourth-order valence-electron chi connectivity index (χ4n) is 1.22. The molecule has 3 nitrogen and oxygen atoms in total. The number of fused-ring (bicyclic) bond motifs is 1. The molecule has 0 aliphatic heterocycles. The summed E-state index contributed by atoms with van der Waals surface area (Å²) >= 11 is 0. The second kappa shape index (κ2) is 3.38. The highest BCUT2D eigenvalue weighted by molar-refractivity contribution is 5.76. The van der Waals surface area contributed by atoms with Crippen molar-refractivity contribution in [3.05, 3.63) is 53.4 Å². The third-order valence-corrected chi connectivity index (χ3v) is 1.81. The lowest BCUT2D eigenvalue weighted by molar-refractivity contribution is 0.353. The van der Waals surface area contributed by atoms with Crippen LogP contribution in [0.15, 0.2) is 52.4 Å². The number of hydrogen-bond acceptors (Lipinski definition) is 3. The van der Waals surface area contributed by atoms with Crippen LogP contribution in [-0.4, -0.2) is 0 Å². The molecule has 0 unspecified atom stereocenters. The van der Waals surface area contributed by atoms with Gasteiger partial charge in [-0.15, -0.1) is 0 Å². The minimum atomic E-state index is -0.122. The standard InChI is InChI=1S/C11H8O3/c1-2-13-11-7-9(12)8-5-3-4-6-10(8)14-11/h2-7H,1H2. The smallest absolute Gasteiger partial charge is 0.293 e. The molecule has 0 bridgehead atoms. The summed E-state index contributed by atoms with van der Waals surface area (Å²) in [5.41, 5.74) is 0.389. The van der Waals surface area contributed by atoms with E-state index in [-0.39, 0.29) is 11.4 Å². The van der Waals surface area contributed by atoms with E-state index in [1.807, 2.05) is 0 Å². The Bertz CT molecular complexity index is 525. The van der Waals surface area contributed by atoms with E-state index in [2.05, 4.69) is 6.58 Å². The van der Waals surface area contributed by atoms with E-state index in [1.54, 1.807) is 24.3 Å². The van der Waals surface area contributed by atoms with Gasteiger partial charge in [0.25, 0.3) is 5.95 Å². The van der Waals surface area contributed by atoms with Crippen molar-refractivity contribution in [2.45, 2.75) is 0 Å². The topological polar surface area (TPSA) is 39.4 Å². The Labute approximate surface area is 80.2 Å². The summed E-state index contributed by atoms with van der Waals surface area (Å²) < 4.78 is 10.2. The molecule has 2 rings (SSSR count). The van der Waals surface area contributed by atoms with E-state index in [0.29, 0.717) is 11.0 Å². The van der Waals surface area contributed by atoms with Gasteiger partial charge in [-0.2, -0.15) is 0 Å². The molecular weight excluding hydrogens is 180 g/mol. The van der Waals surface area contributed by atoms with Crippen molar-refractivity contribution in [1.82, 2.24) is 0 Å². The zero-order valence-corrected chi connectivity index (χ0v) is 7.40. The summed E-state index contributed by atoms with van der Waals surface area (Å²) in [6, 6.07) is 8.30. The normalized spacial score (nSPS) is 10.0. The average molecular weight is 188 g/mol.